The largest absolute Gasteiger partial charge is 0.496 e. The van der Waals surface area contributed by atoms with Crippen molar-refractivity contribution < 1.29 is 27.1 Å². The summed E-state index contributed by atoms with van der Waals surface area (Å²) in [4.78, 5) is 12.9. The zero-order valence-electron chi connectivity index (χ0n) is 13.8. The number of nitrogens with zero attached hydrogens (tertiary/aromatic N) is 1. The first-order chi connectivity index (χ1) is 11.1. The monoisotopic (exact) mass is 367 g/mol. The minimum absolute atomic E-state index is 0.0438. The predicted molar refractivity (Wildman–Crippen MR) is 86.6 cm³/mol. The molecule has 1 rings (SSSR count). The normalized spacial score (nSPS) is 11.7. The average molecular weight is 367 g/mol. The smallest absolute Gasteiger partial charge is 0.406 e. The van der Waals surface area contributed by atoms with Gasteiger partial charge in [-0.3, -0.25) is 4.79 Å². The van der Waals surface area contributed by atoms with Gasteiger partial charge in [0.1, 0.15) is 18.1 Å². The molecule has 1 aromatic carbocycles. The van der Waals surface area contributed by atoms with Crippen LogP contribution in [0, 0.1) is 11.7 Å². The van der Waals surface area contributed by atoms with Crippen LogP contribution < -0.4 is 4.74 Å². The summed E-state index contributed by atoms with van der Waals surface area (Å²) < 4.78 is 56.1. The van der Waals surface area contributed by atoms with Crippen LogP contribution in [0.3, 0.4) is 0 Å². The van der Waals surface area contributed by atoms with Crippen molar-refractivity contribution in [3.8, 4) is 5.75 Å². The summed E-state index contributed by atoms with van der Waals surface area (Å²) in [5.41, 5.74) is 0.557. The van der Waals surface area contributed by atoms with Crippen LogP contribution in [-0.2, 0) is 10.5 Å². The van der Waals surface area contributed by atoms with Crippen molar-refractivity contribution in [2.45, 2.75) is 25.8 Å². The lowest BCUT2D eigenvalue weighted by molar-refractivity contribution is -0.160. The Bertz CT molecular complexity index is 549. The molecule has 0 heterocycles. The van der Waals surface area contributed by atoms with Gasteiger partial charge >= 0.3 is 6.18 Å². The molecule has 0 atom stereocenters. The van der Waals surface area contributed by atoms with Gasteiger partial charge in [-0.1, -0.05) is 13.8 Å². The second kappa shape index (κ2) is 9.15. The van der Waals surface area contributed by atoms with E-state index in [0.29, 0.717) is 11.3 Å². The van der Waals surface area contributed by atoms with Crippen LogP contribution in [0.4, 0.5) is 17.6 Å². The van der Waals surface area contributed by atoms with Crippen molar-refractivity contribution in [1.29, 1.82) is 0 Å². The van der Waals surface area contributed by atoms with Crippen molar-refractivity contribution in [2.75, 3.05) is 26.0 Å². The SMILES string of the molecule is COc1ccc(F)cc1CSCC(=O)N(CC(C)C)CC(F)(F)F. The van der Waals surface area contributed by atoms with Crippen LogP contribution in [0.5, 0.6) is 5.75 Å². The van der Waals surface area contributed by atoms with Gasteiger partial charge < -0.3 is 9.64 Å². The molecule has 0 radical (unpaired) electrons. The lowest BCUT2D eigenvalue weighted by Crippen LogP contribution is -2.42. The maximum atomic E-state index is 13.3. The second-order valence-corrected chi connectivity index (χ2v) is 6.72. The first-order valence-electron chi connectivity index (χ1n) is 7.37. The van der Waals surface area contributed by atoms with Crippen LogP contribution >= 0.6 is 11.8 Å². The van der Waals surface area contributed by atoms with Gasteiger partial charge in [-0.05, 0) is 24.1 Å². The number of amides is 1. The van der Waals surface area contributed by atoms with E-state index in [0.717, 1.165) is 16.7 Å². The van der Waals surface area contributed by atoms with Crippen LogP contribution in [0.25, 0.3) is 0 Å². The van der Waals surface area contributed by atoms with Gasteiger partial charge in [-0.15, -0.1) is 11.8 Å². The van der Waals surface area contributed by atoms with Crippen LogP contribution in [0.15, 0.2) is 18.2 Å². The van der Waals surface area contributed by atoms with E-state index in [1.165, 1.54) is 25.3 Å². The summed E-state index contributed by atoms with van der Waals surface area (Å²) in [6.07, 6.45) is -4.43. The minimum atomic E-state index is -4.43. The van der Waals surface area contributed by atoms with E-state index in [4.69, 9.17) is 4.74 Å². The molecular weight excluding hydrogens is 346 g/mol. The maximum absolute atomic E-state index is 13.3. The number of thioether (sulfide) groups is 1. The fourth-order valence-corrected chi connectivity index (χ4v) is 3.02. The molecule has 24 heavy (non-hydrogen) atoms. The third-order valence-electron chi connectivity index (χ3n) is 3.03. The molecule has 1 amide bonds. The topological polar surface area (TPSA) is 29.5 Å². The van der Waals surface area contributed by atoms with E-state index in [2.05, 4.69) is 0 Å². The Morgan fingerprint density at radius 2 is 2.00 bits per heavy atom. The molecular formula is C16H21F4NO2S. The van der Waals surface area contributed by atoms with Gasteiger partial charge in [0.15, 0.2) is 0 Å². The van der Waals surface area contributed by atoms with E-state index < -0.39 is 24.4 Å². The number of methoxy groups -OCH3 is 1. The van der Waals surface area contributed by atoms with Crippen molar-refractivity contribution in [1.82, 2.24) is 4.90 Å². The van der Waals surface area contributed by atoms with Crippen LogP contribution in [-0.4, -0.2) is 42.9 Å². The number of rotatable bonds is 8. The van der Waals surface area contributed by atoms with Crippen molar-refractivity contribution in [3.63, 3.8) is 0 Å². The highest BCUT2D eigenvalue weighted by Crippen LogP contribution is 2.25. The summed E-state index contributed by atoms with van der Waals surface area (Å²) in [5.74, 6) is -0.440. The molecule has 1 aromatic rings. The first-order valence-corrected chi connectivity index (χ1v) is 8.52. The summed E-state index contributed by atoms with van der Waals surface area (Å²) in [7, 11) is 1.44. The third kappa shape index (κ3) is 7.42. The first kappa shape index (κ1) is 20.6. The fourth-order valence-electron chi connectivity index (χ4n) is 2.11. The van der Waals surface area contributed by atoms with Gasteiger partial charge in [-0.25, -0.2) is 4.39 Å². The molecule has 0 N–H and O–H groups in total. The molecule has 8 heteroatoms. The molecule has 3 nitrogen and oxygen atoms in total. The van der Waals surface area contributed by atoms with E-state index in [1.807, 2.05) is 0 Å². The Hall–Kier alpha value is -1.44. The summed E-state index contributed by atoms with van der Waals surface area (Å²) in [6.45, 7) is 2.29. The number of carbonyl (C=O) groups excluding carboxylic acids is 1. The predicted octanol–water partition coefficient (Wildman–Crippen LogP) is 4.11. The van der Waals surface area contributed by atoms with Crippen LogP contribution in [0.2, 0.25) is 0 Å². The molecule has 0 spiro atoms. The molecule has 0 aromatic heterocycles. The Morgan fingerprint density at radius 3 is 2.54 bits per heavy atom. The Morgan fingerprint density at radius 1 is 1.33 bits per heavy atom. The lowest BCUT2D eigenvalue weighted by atomic mass is 10.2. The molecule has 0 saturated heterocycles. The standard InChI is InChI=1S/C16H21F4NO2S/c1-11(2)7-21(10-16(18,19)20)15(22)9-24-8-12-6-13(17)4-5-14(12)23-3/h4-6,11H,7-10H2,1-3H3. The number of benzene rings is 1. The number of hydrogen-bond donors (Lipinski definition) is 0. The van der Waals surface area contributed by atoms with Gasteiger partial charge in [0.25, 0.3) is 0 Å². The number of hydrogen-bond acceptors (Lipinski definition) is 3. The third-order valence-corrected chi connectivity index (χ3v) is 4.00. The van der Waals surface area contributed by atoms with Crippen LogP contribution in [0.1, 0.15) is 19.4 Å². The fraction of sp³-hybridized carbons (Fsp3) is 0.562. The van der Waals surface area contributed by atoms with Gasteiger partial charge in [0.05, 0.1) is 12.9 Å². The van der Waals surface area contributed by atoms with E-state index >= 15 is 0 Å². The molecule has 0 bridgehead atoms. The Labute approximate surface area is 143 Å². The highest BCUT2D eigenvalue weighted by Gasteiger charge is 2.33. The van der Waals surface area contributed by atoms with E-state index in [1.54, 1.807) is 13.8 Å². The lowest BCUT2D eigenvalue weighted by Gasteiger charge is -2.25. The summed E-state index contributed by atoms with van der Waals surface area (Å²) in [6, 6.07) is 4.02. The highest BCUT2D eigenvalue weighted by atomic mass is 32.2. The Balaban J connectivity index is 2.64. The minimum Gasteiger partial charge on any atom is -0.496 e. The van der Waals surface area contributed by atoms with Crippen molar-refractivity contribution in [2.24, 2.45) is 5.92 Å². The number of halogens is 4. The molecule has 0 fully saturated rings. The van der Waals surface area contributed by atoms with E-state index in [9.17, 15) is 22.4 Å². The molecule has 0 aliphatic heterocycles. The molecule has 0 saturated carbocycles. The zero-order valence-corrected chi connectivity index (χ0v) is 14.6. The van der Waals surface area contributed by atoms with Gasteiger partial charge in [0, 0.05) is 17.9 Å². The Kier molecular flexibility index (Phi) is 7.86. The second-order valence-electron chi connectivity index (χ2n) is 5.73. The number of carbonyl (C=O) groups is 1. The summed E-state index contributed by atoms with van der Waals surface area (Å²) >= 11 is 1.13. The maximum Gasteiger partial charge on any atom is 0.406 e. The number of ether oxygens (including phenoxy) is 1. The van der Waals surface area contributed by atoms with E-state index in [-0.39, 0.29) is 24.0 Å². The van der Waals surface area contributed by atoms with Gasteiger partial charge in [0.2, 0.25) is 5.91 Å². The molecule has 0 aliphatic rings. The average Bonchev–Trinajstić information content (AvgIpc) is 2.44. The number of alkyl halides is 3. The molecule has 0 aliphatic carbocycles. The highest BCUT2D eigenvalue weighted by molar-refractivity contribution is 7.99. The molecule has 136 valence electrons. The zero-order chi connectivity index (χ0) is 18.3. The quantitative estimate of drug-likeness (QED) is 0.648. The van der Waals surface area contributed by atoms with Crippen molar-refractivity contribution in [3.05, 3.63) is 29.6 Å². The van der Waals surface area contributed by atoms with Gasteiger partial charge in [-0.2, -0.15) is 13.2 Å². The molecule has 0 unspecified atom stereocenters. The summed E-state index contributed by atoms with van der Waals surface area (Å²) in [5, 5.41) is 0. The van der Waals surface area contributed by atoms with Crippen molar-refractivity contribution >= 4 is 17.7 Å².